The van der Waals surface area contributed by atoms with Gasteiger partial charge in [0.15, 0.2) is 0 Å². The number of aromatic nitrogens is 1. The number of carbonyl (C=O) groups is 1. The van der Waals surface area contributed by atoms with Crippen molar-refractivity contribution in [2.45, 2.75) is 13.5 Å². The Kier molecular flexibility index (Phi) is 12.9. The molecule has 2 N–H and O–H groups in total. The molecule has 1 aromatic heterocycles. The maximum Gasteiger partial charge on any atom is 0.234 e. The first-order valence-electron chi connectivity index (χ1n) is 5.09. The van der Waals surface area contributed by atoms with Gasteiger partial charge in [-0.25, -0.2) is 4.98 Å². The molecule has 0 bridgehead atoms. The summed E-state index contributed by atoms with van der Waals surface area (Å²) in [7, 11) is 1.63. The Morgan fingerprint density at radius 1 is 1.50 bits per heavy atom. The van der Waals surface area contributed by atoms with Crippen molar-refractivity contribution >= 4 is 42.1 Å². The average molecular weight is 316 g/mol. The first-order valence-corrected chi connectivity index (χ1v) is 5.97. The van der Waals surface area contributed by atoms with E-state index in [1.165, 1.54) is 0 Å². The second kappa shape index (κ2) is 11.7. The number of nitrogens with zero attached hydrogens (tertiary/aromatic N) is 1. The number of methoxy groups -OCH3 is 1. The average Bonchev–Trinajstić information content (AvgIpc) is 2.67. The quantitative estimate of drug-likeness (QED) is 0.741. The fourth-order valence-corrected chi connectivity index (χ4v) is 1.83. The van der Waals surface area contributed by atoms with E-state index in [0.29, 0.717) is 26.2 Å². The van der Waals surface area contributed by atoms with E-state index in [2.05, 4.69) is 15.6 Å². The van der Waals surface area contributed by atoms with Crippen LogP contribution in [-0.4, -0.2) is 37.7 Å². The van der Waals surface area contributed by atoms with Crippen molar-refractivity contribution in [1.82, 2.24) is 15.6 Å². The topological polar surface area (TPSA) is 63.2 Å². The Morgan fingerprint density at radius 3 is 2.78 bits per heavy atom. The van der Waals surface area contributed by atoms with E-state index >= 15 is 0 Å². The monoisotopic (exact) mass is 315 g/mol. The van der Waals surface area contributed by atoms with E-state index in [-0.39, 0.29) is 30.7 Å². The lowest BCUT2D eigenvalue weighted by molar-refractivity contribution is -0.120. The number of thiazole rings is 1. The van der Waals surface area contributed by atoms with E-state index < -0.39 is 0 Å². The van der Waals surface area contributed by atoms with Gasteiger partial charge in [0.05, 0.1) is 30.9 Å². The van der Waals surface area contributed by atoms with Crippen molar-refractivity contribution in [1.29, 1.82) is 0 Å². The summed E-state index contributed by atoms with van der Waals surface area (Å²) in [6, 6.07) is 0. The highest BCUT2D eigenvalue weighted by Crippen LogP contribution is 2.10. The van der Waals surface area contributed by atoms with E-state index in [4.69, 9.17) is 4.74 Å². The lowest BCUT2D eigenvalue weighted by atomic mass is 10.4. The maximum absolute atomic E-state index is 11.4. The summed E-state index contributed by atoms with van der Waals surface area (Å²) >= 11 is 1.56. The maximum atomic E-state index is 11.4. The van der Waals surface area contributed by atoms with Crippen LogP contribution in [-0.2, 0) is 16.1 Å². The lowest BCUT2D eigenvalue weighted by Crippen LogP contribution is -2.34. The summed E-state index contributed by atoms with van der Waals surface area (Å²) in [5, 5.41) is 5.81. The highest BCUT2D eigenvalue weighted by molar-refractivity contribution is 7.09. The molecule has 1 amide bonds. The van der Waals surface area contributed by atoms with E-state index in [1.54, 1.807) is 24.0 Å². The van der Waals surface area contributed by atoms with Crippen LogP contribution in [0.5, 0.6) is 0 Å². The number of amides is 1. The third-order valence-electron chi connectivity index (χ3n) is 2.06. The fourth-order valence-electron chi connectivity index (χ4n) is 1.11. The molecule has 0 unspecified atom stereocenters. The minimum absolute atomic E-state index is 0. The van der Waals surface area contributed by atoms with Gasteiger partial charge in [0.1, 0.15) is 0 Å². The Morgan fingerprint density at radius 2 is 2.22 bits per heavy atom. The van der Waals surface area contributed by atoms with E-state index in [1.807, 2.05) is 6.92 Å². The molecule has 1 aromatic rings. The summed E-state index contributed by atoms with van der Waals surface area (Å²) in [4.78, 5) is 16.6. The molecular weight excluding hydrogens is 297 g/mol. The summed E-state index contributed by atoms with van der Waals surface area (Å²) in [6.07, 6.45) is 0. The second-order valence-corrected chi connectivity index (χ2v) is 4.25. The molecule has 0 saturated heterocycles. The number of nitrogens with one attached hydrogen (secondary N) is 2. The molecule has 8 heteroatoms. The van der Waals surface area contributed by atoms with Gasteiger partial charge in [-0.15, -0.1) is 36.2 Å². The van der Waals surface area contributed by atoms with Gasteiger partial charge in [-0.05, 0) is 6.92 Å². The van der Waals surface area contributed by atoms with Crippen LogP contribution in [0.3, 0.4) is 0 Å². The van der Waals surface area contributed by atoms with Gasteiger partial charge in [-0.1, -0.05) is 0 Å². The molecule has 1 rings (SSSR count). The molecule has 0 aliphatic heterocycles. The van der Waals surface area contributed by atoms with Gasteiger partial charge in [0.2, 0.25) is 5.91 Å². The van der Waals surface area contributed by atoms with Crippen molar-refractivity contribution in [3.63, 3.8) is 0 Å². The van der Waals surface area contributed by atoms with E-state index in [0.717, 1.165) is 10.6 Å². The molecule has 5 nitrogen and oxygen atoms in total. The van der Waals surface area contributed by atoms with Gasteiger partial charge >= 0.3 is 0 Å². The first-order chi connectivity index (χ1) is 7.74. The number of aryl methyl sites for hydroxylation is 1. The molecular formula is C10H19Cl2N3O2S. The lowest BCUT2D eigenvalue weighted by Gasteiger charge is -2.05. The predicted molar refractivity (Wildman–Crippen MR) is 77.9 cm³/mol. The minimum atomic E-state index is -0.0103. The van der Waals surface area contributed by atoms with Crippen LogP contribution in [0.2, 0.25) is 0 Å². The Hall–Kier alpha value is -0.400. The Bertz CT molecular complexity index is 337. The summed E-state index contributed by atoms with van der Waals surface area (Å²) in [5.74, 6) is -0.0103. The smallest absolute Gasteiger partial charge is 0.234 e. The van der Waals surface area contributed by atoms with Crippen molar-refractivity contribution < 1.29 is 9.53 Å². The molecule has 1 heterocycles. The number of hydrogen-bond donors (Lipinski definition) is 2. The van der Waals surface area contributed by atoms with E-state index in [9.17, 15) is 4.79 Å². The largest absolute Gasteiger partial charge is 0.383 e. The highest BCUT2D eigenvalue weighted by Gasteiger charge is 2.04. The SMILES string of the molecule is COCCNCC(=O)NCc1scnc1C.Cl.Cl. The minimum Gasteiger partial charge on any atom is -0.383 e. The predicted octanol–water partition coefficient (Wildman–Crippen LogP) is 1.15. The van der Waals surface area contributed by atoms with Crippen molar-refractivity contribution in [3.8, 4) is 0 Å². The standard InChI is InChI=1S/C10H17N3O2S.2ClH/c1-8-9(16-7-13-8)5-12-10(14)6-11-3-4-15-2;;/h7,11H,3-6H2,1-2H3,(H,12,14);2*1H. The molecule has 0 fully saturated rings. The van der Waals surface area contributed by atoms with Gasteiger partial charge < -0.3 is 15.4 Å². The highest BCUT2D eigenvalue weighted by atomic mass is 35.5. The number of ether oxygens (including phenoxy) is 1. The molecule has 0 aromatic carbocycles. The van der Waals surface area contributed by atoms with Crippen LogP contribution in [0, 0.1) is 6.92 Å². The van der Waals surface area contributed by atoms with Crippen LogP contribution in [0.15, 0.2) is 5.51 Å². The zero-order valence-corrected chi connectivity index (χ0v) is 12.8. The Balaban J connectivity index is 0. The Labute approximate surface area is 124 Å². The number of carbonyl (C=O) groups excluding carboxylic acids is 1. The fraction of sp³-hybridized carbons (Fsp3) is 0.600. The van der Waals surface area contributed by atoms with Crippen LogP contribution >= 0.6 is 36.2 Å². The van der Waals surface area contributed by atoms with Crippen molar-refractivity contribution in [2.75, 3.05) is 26.8 Å². The number of halogens is 2. The second-order valence-electron chi connectivity index (χ2n) is 3.31. The third-order valence-corrected chi connectivity index (χ3v) is 2.99. The number of hydrogen-bond acceptors (Lipinski definition) is 5. The van der Waals surface area contributed by atoms with Crippen molar-refractivity contribution in [2.24, 2.45) is 0 Å². The summed E-state index contributed by atoms with van der Waals surface area (Å²) < 4.78 is 4.86. The van der Waals surface area contributed by atoms with Gasteiger partial charge in [-0.3, -0.25) is 4.79 Å². The summed E-state index contributed by atoms with van der Waals surface area (Å²) in [5.41, 5.74) is 2.77. The van der Waals surface area contributed by atoms with Crippen LogP contribution in [0.4, 0.5) is 0 Å². The van der Waals surface area contributed by atoms with Gasteiger partial charge in [-0.2, -0.15) is 0 Å². The zero-order valence-electron chi connectivity index (χ0n) is 10.4. The van der Waals surface area contributed by atoms with Crippen LogP contribution in [0.25, 0.3) is 0 Å². The van der Waals surface area contributed by atoms with Crippen LogP contribution < -0.4 is 10.6 Å². The molecule has 0 atom stereocenters. The molecule has 106 valence electrons. The first kappa shape index (κ1) is 19.9. The summed E-state index contributed by atoms with van der Waals surface area (Å²) in [6.45, 7) is 4.11. The molecule has 0 spiro atoms. The van der Waals surface area contributed by atoms with Crippen molar-refractivity contribution in [3.05, 3.63) is 16.1 Å². The van der Waals surface area contributed by atoms with Crippen LogP contribution in [0.1, 0.15) is 10.6 Å². The van der Waals surface area contributed by atoms with Gasteiger partial charge in [0, 0.05) is 18.5 Å². The third kappa shape index (κ3) is 7.84. The molecule has 0 saturated carbocycles. The zero-order chi connectivity index (χ0) is 11.8. The molecule has 0 aliphatic carbocycles. The number of rotatable bonds is 7. The molecule has 18 heavy (non-hydrogen) atoms. The van der Waals surface area contributed by atoms with Gasteiger partial charge in [0.25, 0.3) is 0 Å². The normalized spacial score (nSPS) is 9.22. The molecule has 0 aliphatic rings. The molecule has 0 radical (unpaired) electrons.